The maximum Gasteiger partial charge on any atom is 0.314 e. The highest BCUT2D eigenvalue weighted by Gasteiger charge is 2.40. The van der Waals surface area contributed by atoms with Crippen LogP contribution in [0.5, 0.6) is 0 Å². The fourth-order valence-electron chi connectivity index (χ4n) is 3.02. The second-order valence-corrected chi connectivity index (χ2v) is 6.45. The Kier molecular flexibility index (Phi) is 3.46. The van der Waals surface area contributed by atoms with Gasteiger partial charge < -0.3 is 5.11 Å². The van der Waals surface area contributed by atoms with Gasteiger partial charge in [-0.3, -0.25) is 4.79 Å². The lowest BCUT2D eigenvalue weighted by Gasteiger charge is -2.27. The number of hydrogen-bond acceptors (Lipinski definition) is 6. The Morgan fingerprint density at radius 3 is 2.79 bits per heavy atom. The van der Waals surface area contributed by atoms with Crippen molar-refractivity contribution < 1.29 is 9.90 Å². The summed E-state index contributed by atoms with van der Waals surface area (Å²) in [6.07, 6.45) is 0. The molecule has 3 aromatic rings. The standard InChI is InChI=1S/C16H13N5O2S/c1-9-12(15(22)23)13(21-16(17-9)18-19-20-21)14-11(7-8-24-14)10-5-3-2-4-6-10/h2-8,12-13H,1H3,(H,22,23). The van der Waals surface area contributed by atoms with Crippen LogP contribution in [0.4, 0.5) is 5.95 Å². The van der Waals surface area contributed by atoms with Gasteiger partial charge in [0.2, 0.25) is 0 Å². The number of aliphatic imine (C=N–C) groups is 1. The number of carboxylic acid groups (broad SMARTS) is 1. The molecule has 3 heterocycles. The molecule has 2 aromatic heterocycles. The number of hydrogen-bond donors (Lipinski definition) is 1. The van der Waals surface area contributed by atoms with E-state index in [1.54, 1.807) is 6.92 Å². The topological polar surface area (TPSA) is 93.3 Å². The summed E-state index contributed by atoms with van der Waals surface area (Å²) < 4.78 is 1.50. The van der Waals surface area contributed by atoms with Crippen LogP contribution in [0.2, 0.25) is 0 Å². The lowest BCUT2D eigenvalue weighted by molar-refractivity contribution is -0.140. The lowest BCUT2D eigenvalue weighted by Crippen LogP contribution is -2.35. The molecular formula is C16H13N5O2S. The molecule has 0 radical (unpaired) electrons. The van der Waals surface area contributed by atoms with Crippen molar-refractivity contribution in [3.63, 3.8) is 0 Å². The van der Waals surface area contributed by atoms with Gasteiger partial charge >= 0.3 is 5.97 Å². The number of carboxylic acids is 1. The normalized spacial score (nSPS) is 19.6. The number of aliphatic carboxylic acids is 1. The predicted molar refractivity (Wildman–Crippen MR) is 89.6 cm³/mol. The predicted octanol–water partition coefficient (Wildman–Crippen LogP) is 2.80. The third-order valence-electron chi connectivity index (χ3n) is 4.10. The summed E-state index contributed by atoms with van der Waals surface area (Å²) >= 11 is 1.51. The van der Waals surface area contributed by atoms with Gasteiger partial charge in [0.05, 0.1) is 0 Å². The quantitative estimate of drug-likeness (QED) is 0.792. The van der Waals surface area contributed by atoms with Crippen molar-refractivity contribution in [3.05, 3.63) is 46.7 Å². The Balaban J connectivity index is 1.91. The molecule has 8 heteroatoms. The molecule has 1 aliphatic heterocycles. The summed E-state index contributed by atoms with van der Waals surface area (Å²) in [5, 5.41) is 23.2. The Morgan fingerprint density at radius 1 is 1.25 bits per heavy atom. The van der Waals surface area contributed by atoms with Gasteiger partial charge in [0.25, 0.3) is 5.95 Å². The summed E-state index contributed by atoms with van der Waals surface area (Å²) in [7, 11) is 0. The Labute approximate surface area is 141 Å². The van der Waals surface area contributed by atoms with Crippen LogP contribution in [0.1, 0.15) is 17.8 Å². The first-order valence-corrected chi connectivity index (χ1v) is 8.23. The summed E-state index contributed by atoms with van der Waals surface area (Å²) in [5.74, 6) is -1.40. The first-order chi connectivity index (χ1) is 11.7. The van der Waals surface area contributed by atoms with Crippen molar-refractivity contribution in [1.82, 2.24) is 20.2 Å². The average molecular weight is 339 g/mol. The Hall–Kier alpha value is -2.87. The molecule has 0 saturated heterocycles. The fourth-order valence-corrected chi connectivity index (χ4v) is 4.06. The van der Waals surface area contributed by atoms with Crippen LogP contribution in [0.25, 0.3) is 11.1 Å². The second-order valence-electron chi connectivity index (χ2n) is 5.50. The van der Waals surface area contributed by atoms with Gasteiger partial charge in [0.1, 0.15) is 12.0 Å². The summed E-state index contributed by atoms with van der Waals surface area (Å²) in [6.45, 7) is 1.71. The SMILES string of the molecule is CC1=Nc2nnnn2C(c2sccc2-c2ccccc2)C1C(=O)O. The molecule has 1 aliphatic rings. The van der Waals surface area contributed by atoms with Crippen LogP contribution < -0.4 is 0 Å². The van der Waals surface area contributed by atoms with Crippen LogP contribution >= 0.6 is 11.3 Å². The zero-order valence-electron chi connectivity index (χ0n) is 12.7. The minimum absolute atomic E-state index is 0.336. The molecule has 7 nitrogen and oxygen atoms in total. The maximum atomic E-state index is 11.9. The van der Waals surface area contributed by atoms with Crippen molar-refractivity contribution in [1.29, 1.82) is 0 Å². The highest BCUT2D eigenvalue weighted by Crippen LogP contribution is 2.42. The van der Waals surface area contributed by atoms with E-state index in [1.165, 1.54) is 16.0 Å². The maximum absolute atomic E-state index is 11.9. The van der Waals surface area contributed by atoms with E-state index in [0.29, 0.717) is 11.7 Å². The van der Waals surface area contributed by atoms with Crippen LogP contribution in [0, 0.1) is 5.92 Å². The van der Waals surface area contributed by atoms with Crippen molar-refractivity contribution in [3.8, 4) is 11.1 Å². The van der Waals surface area contributed by atoms with E-state index in [1.807, 2.05) is 41.8 Å². The van der Waals surface area contributed by atoms with E-state index >= 15 is 0 Å². The molecule has 1 aromatic carbocycles. The van der Waals surface area contributed by atoms with Gasteiger partial charge in [-0.05, 0) is 39.9 Å². The van der Waals surface area contributed by atoms with E-state index in [9.17, 15) is 9.90 Å². The summed E-state index contributed by atoms with van der Waals surface area (Å²) in [5.41, 5.74) is 2.53. The number of benzene rings is 1. The average Bonchev–Trinajstić information content (AvgIpc) is 3.23. The molecule has 0 amide bonds. The summed E-state index contributed by atoms with van der Waals surface area (Å²) in [4.78, 5) is 17.0. The number of thiophene rings is 1. The molecule has 2 unspecified atom stereocenters. The molecule has 0 saturated carbocycles. The lowest BCUT2D eigenvalue weighted by atomic mass is 9.90. The highest BCUT2D eigenvalue weighted by molar-refractivity contribution is 7.10. The van der Waals surface area contributed by atoms with Crippen molar-refractivity contribution in [2.45, 2.75) is 13.0 Å². The van der Waals surface area contributed by atoms with Gasteiger partial charge in [-0.1, -0.05) is 35.4 Å². The van der Waals surface area contributed by atoms with Gasteiger partial charge in [0, 0.05) is 10.6 Å². The highest BCUT2D eigenvalue weighted by atomic mass is 32.1. The van der Waals surface area contributed by atoms with Crippen LogP contribution in [-0.2, 0) is 4.79 Å². The van der Waals surface area contributed by atoms with Crippen molar-refractivity contribution >= 4 is 29.0 Å². The largest absolute Gasteiger partial charge is 0.481 e. The number of nitrogens with zero attached hydrogens (tertiary/aromatic N) is 5. The molecular weight excluding hydrogens is 326 g/mol. The number of carbonyl (C=O) groups is 1. The van der Waals surface area contributed by atoms with E-state index < -0.39 is 17.9 Å². The van der Waals surface area contributed by atoms with Crippen LogP contribution in [-0.4, -0.2) is 37.0 Å². The molecule has 120 valence electrons. The molecule has 0 fully saturated rings. The van der Waals surface area contributed by atoms with Gasteiger partial charge in [0.15, 0.2) is 0 Å². The number of rotatable bonds is 3. The molecule has 0 aliphatic carbocycles. The van der Waals surface area contributed by atoms with Crippen LogP contribution in [0.3, 0.4) is 0 Å². The Morgan fingerprint density at radius 2 is 2.04 bits per heavy atom. The number of aromatic nitrogens is 4. The van der Waals surface area contributed by atoms with E-state index in [-0.39, 0.29) is 0 Å². The van der Waals surface area contributed by atoms with Gasteiger partial charge in [-0.25, -0.2) is 9.67 Å². The molecule has 1 N–H and O–H groups in total. The van der Waals surface area contributed by atoms with Crippen molar-refractivity contribution in [2.24, 2.45) is 10.9 Å². The molecule has 24 heavy (non-hydrogen) atoms. The van der Waals surface area contributed by atoms with Crippen molar-refractivity contribution in [2.75, 3.05) is 0 Å². The first kappa shape index (κ1) is 14.7. The minimum atomic E-state index is -0.935. The van der Waals surface area contributed by atoms with Gasteiger partial charge in [-0.2, -0.15) is 0 Å². The third-order valence-corrected chi connectivity index (χ3v) is 5.08. The smallest absolute Gasteiger partial charge is 0.314 e. The van der Waals surface area contributed by atoms with Crippen LogP contribution in [0.15, 0.2) is 46.8 Å². The molecule has 0 bridgehead atoms. The van der Waals surface area contributed by atoms with E-state index in [0.717, 1.165) is 16.0 Å². The summed E-state index contributed by atoms with van der Waals surface area (Å²) in [6, 6.07) is 11.4. The minimum Gasteiger partial charge on any atom is -0.481 e. The molecule has 0 spiro atoms. The molecule has 4 rings (SSSR count). The van der Waals surface area contributed by atoms with E-state index in [2.05, 4.69) is 20.5 Å². The second kappa shape index (κ2) is 5.64. The molecule has 2 atom stereocenters. The zero-order valence-corrected chi connectivity index (χ0v) is 13.5. The number of fused-ring (bicyclic) bond motifs is 1. The van der Waals surface area contributed by atoms with E-state index in [4.69, 9.17) is 0 Å². The monoisotopic (exact) mass is 339 g/mol. The zero-order chi connectivity index (χ0) is 16.7. The van der Waals surface area contributed by atoms with Gasteiger partial charge in [-0.15, -0.1) is 11.3 Å². The fraction of sp³-hybridized carbons (Fsp3) is 0.188. The third kappa shape index (κ3) is 2.23. The number of tetrazole rings is 1. The Bertz CT molecular complexity index is 931. The first-order valence-electron chi connectivity index (χ1n) is 7.35.